The molecular formula is C10H12O2. The molecule has 0 saturated heterocycles. The van der Waals surface area contributed by atoms with Crippen LogP contribution in [0.2, 0.25) is 0 Å². The highest BCUT2D eigenvalue weighted by Crippen LogP contribution is 2.20. The molecule has 0 bridgehead atoms. The van der Waals surface area contributed by atoms with E-state index in [1.54, 1.807) is 0 Å². The molecule has 1 N–H and O–H groups in total. The van der Waals surface area contributed by atoms with Crippen molar-refractivity contribution in [3.8, 4) is 0 Å². The molecule has 0 amide bonds. The molecule has 1 aliphatic heterocycles. The second kappa shape index (κ2) is 3.25. The average Bonchev–Trinajstić information content (AvgIpc) is 2.17. The van der Waals surface area contributed by atoms with E-state index in [9.17, 15) is 0 Å². The van der Waals surface area contributed by atoms with Crippen LogP contribution >= 0.6 is 0 Å². The highest BCUT2D eigenvalue weighted by Gasteiger charge is 2.11. The summed E-state index contributed by atoms with van der Waals surface area (Å²) in [6.45, 7) is 1.62. The van der Waals surface area contributed by atoms with Gasteiger partial charge in [0.2, 0.25) is 0 Å². The van der Waals surface area contributed by atoms with Crippen LogP contribution in [-0.4, -0.2) is 11.7 Å². The lowest BCUT2D eigenvalue weighted by Gasteiger charge is -2.18. The summed E-state index contributed by atoms with van der Waals surface area (Å²) in [7, 11) is 0. The van der Waals surface area contributed by atoms with Gasteiger partial charge in [-0.15, -0.1) is 0 Å². The van der Waals surface area contributed by atoms with Gasteiger partial charge in [-0.2, -0.15) is 0 Å². The van der Waals surface area contributed by atoms with Gasteiger partial charge >= 0.3 is 0 Å². The van der Waals surface area contributed by atoms with Crippen LogP contribution in [0.25, 0.3) is 0 Å². The molecule has 1 aliphatic rings. The molecule has 0 saturated carbocycles. The normalized spacial score (nSPS) is 15.8. The molecule has 0 atom stereocenters. The van der Waals surface area contributed by atoms with Crippen LogP contribution in [0.5, 0.6) is 0 Å². The van der Waals surface area contributed by atoms with Crippen molar-refractivity contribution < 1.29 is 9.84 Å². The molecule has 1 heterocycles. The van der Waals surface area contributed by atoms with Gasteiger partial charge in [0, 0.05) is 0 Å². The summed E-state index contributed by atoms with van der Waals surface area (Å²) in [5.41, 5.74) is 3.56. The van der Waals surface area contributed by atoms with Crippen molar-refractivity contribution in [2.75, 3.05) is 6.61 Å². The van der Waals surface area contributed by atoms with Gasteiger partial charge < -0.3 is 9.84 Å². The monoisotopic (exact) mass is 164 g/mol. The Bertz CT molecular complexity index is 267. The van der Waals surface area contributed by atoms with E-state index < -0.39 is 0 Å². The largest absolute Gasteiger partial charge is 0.392 e. The quantitative estimate of drug-likeness (QED) is 0.677. The van der Waals surface area contributed by atoms with Crippen LogP contribution in [0.1, 0.15) is 16.7 Å². The Morgan fingerprint density at radius 2 is 2.33 bits per heavy atom. The third-order valence-corrected chi connectivity index (χ3v) is 2.29. The van der Waals surface area contributed by atoms with Gasteiger partial charge in [0.1, 0.15) is 0 Å². The van der Waals surface area contributed by atoms with Gasteiger partial charge in [-0.25, -0.2) is 0 Å². The van der Waals surface area contributed by atoms with Crippen molar-refractivity contribution in [1.82, 2.24) is 0 Å². The standard InChI is InChI=1S/C10H12O2/c11-6-8-2-1-3-9-7-12-5-4-10(8)9/h1-3,11H,4-7H2. The fraction of sp³-hybridized carbons (Fsp3) is 0.400. The van der Waals surface area contributed by atoms with E-state index in [4.69, 9.17) is 9.84 Å². The molecule has 0 unspecified atom stereocenters. The van der Waals surface area contributed by atoms with Crippen LogP contribution in [0.15, 0.2) is 18.2 Å². The van der Waals surface area contributed by atoms with Gasteiger partial charge in [-0.3, -0.25) is 0 Å². The number of aliphatic hydroxyl groups excluding tert-OH is 1. The molecule has 2 heteroatoms. The lowest BCUT2D eigenvalue weighted by atomic mass is 9.98. The maximum atomic E-state index is 9.05. The maximum absolute atomic E-state index is 9.05. The van der Waals surface area contributed by atoms with Crippen molar-refractivity contribution in [1.29, 1.82) is 0 Å². The molecular weight excluding hydrogens is 152 g/mol. The third-order valence-electron chi connectivity index (χ3n) is 2.29. The summed E-state index contributed by atoms with van der Waals surface area (Å²) in [5.74, 6) is 0. The van der Waals surface area contributed by atoms with E-state index in [2.05, 4.69) is 6.07 Å². The molecule has 0 spiro atoms. The van der Waals surface area contributed by atoms with Crippen LogP contribution in [0, 0.1) is 0 Å². The minimum Gasteiger partial charge on any atom is -0.392 e. The van der Waals surface area contributed by atoms with Gasteiger partial charge in [0.15, 0.2) is 0 Å². The van der Waals surface area contributed by atoms with Crippen molar-refractivity contribution in [3.63, 3.8) is 0 Å². The lowest BCUT2D eigenvalue weighted by Crippen LogP contribution is -2.12. The Hall–Kier alpha value is -0.860. The average molecular weight is 164 g/mol. The number of fused-ring (bicyclic) bond motifs is 1. The number of hydrogen-bond acceptors (Lipinski definition) is 2. The maximum Gasteiger partial charge on any atom is 0.0719 e. The van der Waals surface area contributed by atoms with Crippen molar-refractivity contribution in [2.45, 2.75) is 19.6 Å². The van der Waals surface area contributed by atoms with Crippen LogP contribution in [0.3, 0.4) is 0 Å². The third kappa shape index (κ3) is 1.24. The highest BCUT2D eigenvalue weighted by molar-refractivity contribution is 5.35. The molecule has 0 radical (unpaired) electrons. The lowest BCUT2D eigenvalue weighted by molar-refractivity contribution is 0.110. The first kappa shape index (κ1) is 7.77. The minimum absolute atomic E-state index is 0.142. The van der Waals surface area contributed by atoms with Crippen molar-refractivity contribution in [3.05, 3.63) is 34.9 Å². The minimum atomic E-state index is 0.142. The van der Waals surface area contributed by atoms with Crippen molar-refractivity contribution in [2.24, 2.45) is 0 Å². The highest BCUT2D eigenvalue weighted by atomic mass is 16.5. The van der Waals surface area contributed by atoms with Gasteiger partial charge in [-0.1, -0.05) is 18.2 Å². The van der Waals surface area contributed by atoms with E-state index in [1.807, 2.05) is 12.1 Å². The van der Waals surface area contributed by atoms with E-state index in [1.165, 1.54) is 11.1 Å². The molecule has 2 nitrogen and oxygen atoms in total. The molecule has 12 heavy (non-hydrogen) atoms. The van der Waals surface area contributed by atoms with E-state index in [-0.39, 0.29) is 6.61 Å². The zero-order chi connectivity index (χ0) is 8.39. The fourth-order valence-corrected chi connectivity index (χ4v) is 1.65. The van der Waals surface area contributed by atoms with Crippen molar-refractivity contribution >= 4 is 0 Å². The summed E-state index contributed by atoms with van der Waals surface area (Å²) in [5, 5.41) is 9.05. The Kier molecular flexibility index (Phi) is 2.11. The first-order valence-electron chi connectivity index (χ1n) is 4.20. The summed E-state index contributed by atoms with van der Waals surface area (Å²) in [6, 6.07) is 6.01. The molecule has 2 rings (SSSR count). The molecule has 1 aromatic carbocycles. The Labute approximate surface area is 71.8 Å². The first-order chi connectivity index (χ1) is 5.92. The summed E-state index contributed by atoms with van der Waals surface area (Å²) < 4.78 is 5.31. The Morgan fingerprint density at radius 3 is 3.17 bits per heavy atom. The number of ether oxygens (including phenoxy) is 1. The van der Waals surface area contributed by atoms with Gasteiger partial charge in [0.25, 0.3) is 0 Å². The smallest absolute Gasteiger partial charge is 0.0719 e. The van der Waals surface area contributed by atoms with Crippen LogP contribution < -0.4 is 0 Å². The second-order valence-electron chi connectivity index (χ2n) is 3.02. The Balaban J connectivity index is 2.44. The predicted molar refractivity (Wildman–Crippen MR) is 45.7 cm³/mol. The summed E-state index contributed by atoms with van der Waals surface area (Å²) in [4.78, 5) is 0. The molecule has 64 valence electrons. The number of hydrogen-bond donors (Lipinski definition) is 1. The SMILES string of the molecule is OCc1cccc2c1CCOC2. The van der Waals surface area contributed by atoms with E-state index in [0.717, 1.165) is 18.6 Å². The predicted octanol–water partition coefficient (Wildman–Crippen LogP) is 1.25. The molecule has 0 aromatic heterocycles. The molecule has 1 aromatic rings. The summed E-state index contributed by atoms with van der Waals surface area (Å²) >= 11 is 0. The Morgan fingerprint density at radius 1 is 1.42 bits per heavy atom. The number of benzene rings is 1. The molecule has 0 fully saturated rings. The fourth-order valence-electron chi connectivity index (χ4n) is 1.65. The first-order valence-corrected chi connectivity index (χ1v) is 4.20. The van der Waals surface area contributed by atoms with Gasteiger partial charge in [0.05, 0.1) is 19.8 Å². The van der Waals surface area contributed by atoms with E-state index >= 15 is 0 Å². The van der Waals surface area contributed by atoms with Crippen LogP contribution in [0.4, 0.5) is 0 Å². The topological polar surface area (TPSA) is 29.5 Å². The van der Waals surface area contributed by atoms with Crippen LogP contribution in [-0.2, 0) is 24.4 Å². The zero-order valence-corrected chi connectivity index (χ0v) is 6.92. The van der Waals surface area contributed by atoms with E-state index in [0.29, 0.717) is 6.61 Å². The van der Waals surface area contributed by atoms with Gasteiger partial charge in [-0.05, 0) is 23.1 Å². The zero-order valence-electron chi connectivity index (χ0n) is 6.92. The second-order valence-corrected chi connectivity index (χ2v) is 3.02. The number of rotatable bonds is 1. The molecule has 0 aliphatic carbocycles. The summed E-state index contributed by atoms with van der Waals surface area (Å²) in [6.07, 6.45) is 0.937. The number of aliphatic hydroxyl groups is 1.